The first-order valence-electron chi connectivity index (χ1n) is 8.67. The van der Waals surface area contributed by atoms with Gasteiger partial charge in [0.1, 0.15) is 6.29 Å². The van der Waals surface area contributed by atoms with E-state index in [9.17, 15) is 27.6 Å². The number of anilines is 1. The molecule has 0 spiro atoms. The summed E-state index contributed by atoms with van der Waals surface area (Å²) in [4.78, 5) is 37.9. The number of carbonyl (C=O) groups is 3. The number of benzene rings is 2. The van der Waals surface area contributed by atoms with Crippen LogP contribution in [0.3, 0.4) is 0 Å². The van der Waals surface area contributed by atoms with Crippen LogP contribution >= 0.6 is 11.6 Å². The summed E-state index contributed by atoms with van der Waals surface area (Å²) >= 11 is 5.64. The van der Waals surface area contributed by atoms with E-state index >= 15 is 0 Å². The zero-order chi connectivity index (χ0) is 21.9. The molecule has 1 heterocycles. The Morgan fingerprint density at radius 3 is 2.47 bits per heavy atom. The first kappa shape index (κ1) is 21.4. The van der Waals surface area contributed by atoms with E-state index in [4.69, 9.17) is 11.6 Å². The molecule has 0 aliphatic rings. The molecule has 3 aromatic rings. The van der Waals surface area contributed by atoms with Gasteiger partial charge < -0.3 is 20.4 Å². The standard InChI is InChI=1S/C20H15ClF3N3O3/c21-15-8-12(1-3-14(15)20(22,23)24)9-26-18(29)19(30)27-17-10-25-16-4-2-11(5-6-28)7-13(16)17/h1-4,6-8,10,25H,5,9H2,(H,26,29)(H,27,30). The van der Waals surface area contributed by atoms with Gasteiger partial charge in [-0.1, -0.05) is 23.7 Å². The van der Waals surface area contributed by atoms with Gasteiger partial charge in [-0.05, 0) is 35.4 Å². The minimum absolute atomic E-state index is 0.179. The van der Waals surface area contributed by atoms with Crippen LogP contribution in [0.25, 0.3) is 10.9 Å². The molecule has 10 heteroatoms. The second-order valence-corrected chi connectivity index (χ2v) is 6.81. The molecule has 156 valence electrons. The Kier molecular flexibility index (Phi) is 6.12. The topological polar surface area (TPSA) is 91.1 Å². The summed E-state index contributed by atoms with van der Waals surface area (Å²) in [5.74, 6) is -1.92. The molecule has 3 N–H and O–H groups in total. The molecular weight excluding hydrogens is 423 g/mol. The molecule has 0 unspecified atom stereocenters. The van der Waals surface area contributed by atoms with Crippen molar-refractivity contribution in [3.63, 3.8) is 0 Å². The number of carbonyl (C=O) groups excluding carboxylic acids is 3. The molecular formula is C20H15ClF3N3O3. The summed E-state index contributed by atoms with van der Waals surface area (Å²) in [6.07, 6.45) is -2.10. The first-order chi connectivity index (χ1) is 14.2. The lowest BCUT2D eigenvalue weighted by molar-refractivity contribution is -0.137. The predicted octanol–water partition coefficient (Wildman–Crippen LogP) is 3.84. The Morgan fingerprint density at radius 2 is 1.80 bits per heavy atom. The Labute approximate surface area is 173 Å². The van der Waals surface area contributed by atoms with Gasteiger partial charge >= 0.3 is 18.0 Å². The van der Waals surface area contributed by atoms with Crippen LogP contribution in [0.2, 0.25) is 5.02 Å². The second-order valence-electron chi connectivity index (χ2n) is 6.40. The quantitative estimate of drug-likeness (QED) is 0.418. The Hall–Kier alpha value is -3.33. The number of aldehydes is 1. The monoisotopic (exact) mass is 437 g/mol. The van der Waals surface area contributed by atoms with Crippen molar-refractivity contribution in [1.82, 2.24) is 10.3 Å². The molecule has 0 aliphatic heterocycles. The largest absolute Gasteiger partial charge is 0.417 e. The Morgan fingerprint density at radius 1 is 1.07 bits per heavy atom. The van der Waals surface area contributed by atoms with E-state index in [2.05, 4.69) is 15.6 Å². The number of amides is 2. The van der Waals surface area contributed by atoms with Crippen molar-refractivity contribution in [3.05, 3.63) is 64.3 Å². The molecule has 0 aliphatic carbocycles. The molecule has 0 saturated carbocycles. The SMILES string of the molecule is O=CCc1ccc2[nH]cc(NC(=O)C(=O)NCc3ccc(C(F)(F)F)c(Cl)c3)c2c1. The molecule has 2 aromatic carbocycles. The molecule has 0 saturated heterocycles. The zero-order valence-corrected chi connectivity index (χ0v) is 16.0. The van der Waals surface area contributed by atoms with E-state index < -0.39 is 28.6 Å². The van der Waals surface area contributed by atoms with Gasteiger partial charge in [0, 0.05) is 30.1 Å². The van der Waals surface area contributed by atoms with Crippen LogP contribution < -0.4 is 10.6 Å². The molecule has 3 rings (SSSR count). The number of aromatic nitrogens is 1. The Bertz CT molecular complexity index is 1130. The number of H-pyrrole nitrogens is 1. The second kappa shape index (κ2) is 8.58. The average molecular weight is 438 g/mol. The van der Waals surface area contributed by atoms with Gasteiger partial charge in [-0.3, -0.25) is 9.59 Å². The highest BCUT2D eigenvalue weighted by Gasteiger charge is 2.33. The van der Waals surface area contributed by atoms with Gasteiger partial charge in [0.15, 0.2) is 0 Å². The van der Waals surface area contributed by atoms with Crippen molar-refractivity contribution in [2.75, 3.05) is 5.32 Å². The molecule has 1 aromatic heterocycles. The molecule has 0 bridgehead atoms. The van der Waals surface area contributed by atoms with E-state index in [1.807, 2.05) is 0 Å². The smallest absolute Gasteiger partial charge is 0.359 e. The lowest BCUT2D eigenvalue weighted by Crippen LogP contribution is -2.34. The van der Waals surface area contributed by atoms with Gasteiger partial charge in [0.2, 0.25) is 0 Å². The van der Waals surface area contributed by atoms with Crippen LogP contribution in [0, 0.1) is 0 Å². The Balaban J connectivity index is 1.65. The zero-order valence-electron chi connectivity index (χ0n) is 15.3. The van der Waals surface area contributed by atoms with Gasteiger partial charge in [-0.15, -0.1) is 0 Å². The van der Waals surface area contributed by atoms with Crippen molar-refractivity contribution in [1.29, 1.82) is 0 Å². The van der Waals surface area contributed by atoms with Crippen LogP contribution in [-0.4, -0.2) is 23.1 Å². The van der Waals surface area contributed by atoms with Gasteiger partial charge in [0.25, 0.3) is 0 Å². The third-order valence-electron chi connectivity index (χ3n) is 4.31. The fourth-order valence-electron chi connectivity index (χ4n) is 2.83. The highest BCUT2D eigenvalue weighted by atomic mass is 35.5. The van der Waals surface area contributed by atoms with E-state index in [0.29, 0.717) is 22.2 Å². The summed E-state index contributed by atoms with van der Waals surface area (Å²) in [6, 6.07) is 8.29. The maximum atomic E-state index is 12.7. The van der Waals surface area contributed by atoms with Crippen LogP contribution in [0.15, 0.2) is 42.6 Å². The van der Waals surface area contributed by atoms with Crippen molar-refractivity contribution in [2.24, 2.45) is 0 Å². The highest BCUT2D eigenvalue weighted by Crippen LogP contribution is 2.34. The molecule has 2 amide bonds. The maximum absolute atomic E-state index is 12.7. The summed E-state index contributed by atoms with van der Waals surface area (Å²) in [7, 11) is 0. The van der Waals surface area contributed by atoms with E-state index in [1.165, 1.54) is 12.3 Å². The molecule has 6 nitrogen and oxygen atoms in total. The maximum Gasteiger partial charge on any atom is 0.417 e. The average Bonchev–Trinajstić information content (AvgIpc) is 3.07. The van der Waals surface area contributed by atoms with Gasteiger partial charge in [0.05, 0.1) is 16.3 Å². The van der Waals surface area contributed by atoms with Gasteiger partial charge in [-0.25, -0.2) is 0 Å². The number of fused-ring (bicyclic) bond motifs is 1. The van der Waals surface area contributed by atoms with Crippen LogP contribution in [0.4, 0.5) is 18.9 Å². The fourth-order valence-corrected chi connectivity index (χ4v) is 3.14. The predicted molar refractivity (Wildman–Crippen MR) is 105 cm³/mol. The van der Waals surface area contributed by atoms with E-state index in [0.717, 1.165) is 24.0 Å². The van der Waals surface area contributed by atoms with Crippen LogP contribution in [0.5, 0.6) is 0 Å². The number of halogens is 4. The fraction of sp³-hybridized carbons (Fsp3) is 0.150. The van der Waals surface area contributed by atoms with Crippen molar-refractivity contribution in [2.45, 2.75) is 19.1 Å². The van der Waals surface area contributed by atoms with E-state index in [1.54, 1.807) is 18.2 Å². The minimum Gasteiger partial charge on any atom is -0.359 e. The third kappa shape index (κ3) is 4.80. The number of hydrogen-bond acceptors (Lipinski definition) is 3. The number of aromatic amines is 1. The first-order valence-corrected chi connectivity index (χ1v) is 9.05. The number of alkyl halides is 3. The molecule has 0 fully saturated rings. The van der Waals surface area contributed by atoms with Crippen LogP contribution in [-0.2, 0) is 33.5 Å². The normalized spacial score (nSPS) is 11.3. The summed E-state index contributed by atoms with van der Waals surface area (Å²) in [5.41, 5.74) is 1.14. The lowest BCUT2D eigenvalue weighted by Gasteiger charge is -2.11. The van der Waals surface area contributed by atoms with Gasteiger partial charge in [-0.2, -0.15) is 13.2 Å². The van der Waals surface area contributed by atoms with E-state index in [-0.39, 0.29) is 13.0 Å². The molecule has 0 atom stereocenters. The third-order valence-corrected chi connectivity index (χ3v) is 4.62. The summed E-state index contributed by atoms with van der Waals surface area (Å²) in [6.45, 7) is -0.179. The molecule has 0 radical (unpaired) electrons. The minimum atomic E-state index is -4.58. The highest BCUT2D eigenvalue weighted by molar-refractivity contribution is 6.40. The number of nitrogens with one attached hydrogen (secondary N) is 3. The molecule has 30 heavy (non-hydrogen) atoms. The van der Waals surface area contributed by atoms with Crippen molar-refractivity contribution in [3.8, 4) is 0 Å². The summed E-state index contributed by atoms with van der Waals surface area (Å²) < 4.78 is 38.2. The van der Waals surface area contributed by atoms with Crippen molar-refractivity contribution < 1.29 is 27.6 Å². The number of hydrogen-bond donors (Lipinski definition) is 3. The summed E-state index contributed by atoms with van der Waals surface area (Å²) in [5, 5.41) is 4.93. The van der Waals surface area contributed by atoms with Crippen LogP contribution in [0.1, 0.15) is 16.7 Å². The number of rotatable bonds is 5. The van der Waals surface area contributed by atoms with Crippen molar-refractivity contribution >= 4 is 46.3 Å². The lowest BCUT2D eigenvalue weighted by atomic mass is 10.1.